The first-order chi connectivity index (χ1) is 9.25. The summed E-state index contributed by atoms with van der Waals surface area (Å²) >= 11 is 3.46. The van der Waals surface area contributed by atoms with Crippen molar-refractivity contribution in [2.24, 2.45) is 11.1 Å². The average molecular weight is 343 g/mol. The molecule has 3 N–H and O–H groups in total. The Morgan fingerprint density at radius 3 is 2.65 bits per heavy atom. The fourth-order valence-corrected chi connectivity index (χ4v) is 2.15. The molecule has 0 saturated carbocycles. The van der Waals surface area contributed by atoms with E-state index in [9.17, 15) is 4.79 Å². The highest BCUT2D eigenvalue weighted by molar-refractivity contribution is 9.10. The maximum absolute atomic E-state index is 12.1. The number of rotatable bonds is 5. The van der Waals surface area contributed by atoms with Gasteiger partial charge in [0, 0.05) is 35.3 Å². The molecule has 0 radical (unpaired) electrons. The number of amides is 1. The van der Waals surface area contributed by atoms with Gasteiger partial charge in [0.05, 0.1) is 6.61 Å². The van der Waals surface area contributed by atoms with E-state index in [1.54, 1.807) is 7.11 Å². The van der Waals surface area contributed by atoms with E-state index in [1.165, 1.54) is 0 Å². The molecule has 0 aliphatic carbocycles. The van der Waals surface area contributed by atoms with E-state index in [4.69, 9.17) is 10.5 Å². The van der Waals surface area contributed by atoms with E-state index in [0.29, 0.717) is 13.0 Å². The monoisotopic (exact) mass is 342 g/mol. The number of nitrogens with two attached hydrogens (primary N) is 1. The first kappa shape index (κ1) is 17.1. The van der Waals surface area contributed by atoms with E-state index >= 15 is 0 Å². The van der Waals surface area contributed by atoms with Gasteiger partial charge in [0.25, 0.3) is 0 Å². The van der Waals surface area contributed by atoms with Crippen LogP contribution in [0.25, 0.3) is 0 Å². The Morgan fingerprint density at radius 2 is 2.10 bits per heavy atom. The Labute approximate surface area is 129 Å². The zero-order valence-corrected chi connectivity index (χ0v) is 14.1. The molecule has 1 rings (SSSR count). The van der Waals surface area contributed by atoms with Crippen LogP contribution in [0.15, 0.2) is 22.7 Å². The van der Waals surface area contributed by atoms with Gasteiger partial charge in [0.15, 0.2) is 0 Å². The van der Waals surface area contributed by atoms with E-state index in [-0.39, 0.29) is 17.4 Å². The number of halogens is 1. The highest BCUT2D eigenvalue weighted by Gasteiger charge is 2.23. The standard InChI is InChI=1S/C15H23BrN2O2/c1-15(2,3)13(17)8-14(19)18-12-7-5-6-11(16)10(12)9-20-4/h5-7,13H,8-9,17H2,1-4H3,(H,18,19). The molecule has 1 atom stereocenters. The Balaban J connectivity index is 2.78. The summed E-state index contributed by atoms with van der Waals surface area (Å²) in [4.78, 5) is 12.1. The predicted molar refractivity (Wildman–Crippen MR) is 85.5 cm³/mol. The van der Waals surface area contributed by atoms with Crippen molar-refractivity contribution in [3.8, 4) is 0 Å². The molecular formula is C15H23BrN2O2. The first-order valence-electron chi connectivity index (χ1n) is 6.57. The molecule has 112 valence electrons. The summed E-state index contributed by atoms with van der Waals surface area (Å²) in [5.74, 6) is -0.0807. The largest absolute Gasteiger partial charge is 0.380 e. The number of carbonyl (C=O) groups excluding carboxylic acids is 1. The molecule has 0 spiro atoms. The van der Waals surface area contributed by atoms with E-state index in [2.05, 4.69) is 21.2 Å². The van der Waals surface area contributed by atoms with Crippen LogP contribution in [0.5, 0.6) is 0 Å². The van der Waals surface area contributed by atoms with Crippen LogP contribution in [0.3, 0.4) is 0 Å². The van der Waals surface area contributed by atoms with Crippen molar-refractivity contribution in [3.63, 3.8) is 0 Å². The molecular weight excluding hydrogens is 320 g/mol. The Hall–Kier alpha value is -0.910. The predicted octanol–water partition coefficient (Wildman–Crippen LogP) is 3.30. The van der Waals surface area contributed by atoms with Gasteiger partial charge in [0.2, 0.25) is 5.91 Å². The summed E-state index contributed by atoms with van der Waals surface area (Å²) in [6, 6.07) is 5.48. The number of hydrogen-bond acceptors (Lipinski definition) is 3. The number of benzene rings is 1. The Bertz CT molecular complexity index is 469. The van der Waals surface area contributed by atoms with Gasteiger partial charge in [-0.3, -0.25) is 4.79 Å². The summed E-state index contributed by atoms with van der Waals surface area (Å²) in [5.41, 5.74) is 7.62. The second-order valence-electron chi connectivity index (χ2n) is 5.92. The molecule has 1 aromatic carbocycles. The van der Waals surface area contributed by atoms with Gasteiger partial charge in [-0.25, -0.2) is 0 Å². The Morgan fingerprint density at radius 1 is 1.45 bits per heavy atom. The molecule has 0 aromatic heterocycles. The molecule has 0 fully saturated rings. The minimum absolute atomic E-state index is 0.0807. The van der Waals surface area contributed by atoms with Crippen molar-refractivity contribution in [3.05, 3.63) is 28.2 Å². The summed E-state index contributed by atoms with van der Waals surface area (Å²) in [5, 5.41) is 2.91. The maximum Gasteiger partial charge on any atom is 0.225 e. The van der Waals surface area contributed by atoms with Gasteiger partial charge < -0.3 is 15.8 Å². The van der Waals surface area contributed by atoms with Gasteiger partial charge in [-0.2, -0.15) is 0 Å². The zero-order chi connectivity index (χ0) is 15.3. The molecule has 1 aromatic rings. The summed E-state index contributed by atoms with van der Waals surface area (Å²) in [6.45, 7) is 6.52. The molecule has 0 saturated heterocycles. The lowest BCUT2D eigenvalue weighted by Crippen LogP contribution is -2.38. The average Bonchev–Trinajstić information content (AvgIpc) is 2.32. The molecule has 4 nitrogen and oxygen atoms in total. The first-order valence-corrected chi connectivity index (χ1v) is 7.36. The smallest absolute Gasteiger partial charge is 0.225 e. The van der Waals surface area contributed by atoms with Crippen molar-refractivity contribution in [2.45, 2.75) is 39.8 Å². The number of hydrogen-bond donors (Lipinski definition) is 2. The third-order valence-corrected chi connectivity index (χ3v) is 3.94. The number of carbonyl (C=O) groups is 1. The second-order valence-corrected chi connectivity index (χ2v) is 6.78. The fourth-order valence-electron chi connectivity index (χ4n) is 1.67. The van der Waals surface area contributed by atoms with Crippen LogP contribution in [-0.4, -0.2) is 19.1 Å². The third-order valence-electron chi connectivity index (χ3n) is 3.20. The molecule has 5 heteroatoms. The minimum atomic E-state index is -0.180. The molecule has 0 bridgehead atoms. The van der Waals surface area contributed by atoms with Crippen LogP contribution in [-0.2, 0) is 16.1 Å². The topological polar surface area (TPSA) is 64.3 Å². The molecule has 0 heterocycles. The lowest BCUT2D eigenvalue weighted by molar-refractivity contribution is -0.117. The second kappa shape index (κ2) is 7.20. The van der Waals surface area contributed by atoms with E-state index in [1.807, 2.05) is 39.0 Å². The summed E-state index contributed by atoms with van der Waals surface area (Å²) in [6.07, 6.45) is 0.294. The Kier molecular flexibility index (Phi) is 6.17. The van der Waals surface area contributed by atoms with Crippen LogP contribution in [0, 0.1) is 5.41 Å². The highest BCUT2D eigenvalue weighted by atomic mass is 79.9. The van der Waals surface area contributed by atoms with Gasteiger partial charge >= 0.3 is 0 Å². The molecule has 1 unspecified atom stereocenters. The lowest BCUT2D eigenvalue weighted by atomic mass is 9.85. The SMILES string of the molecule is COCc1c(Br)cccc1NC(=O)CC(N)C(C)(C)C. The van der Waals surface area contributed by atoms with Gasteiger partial charge in [-0.15, -0.1) is 0 Å². The zero-order valence-electron chi connectivity index (χ0n) is 12.5. The molecule has 0 aliphatic heterocycles. The minimum Gasteiger partial charge on any atom is -0.380 e. The third kappa shape index (κ3) is 4.89. The lowest BCUT2D eigenvalue weighted by Gasteiger charge is -2.26. The number of nitrogens with one attached hydrogen (secondary N) is 1. The number of anilines is 1. The van der Waals surface area contributed by atoms with Crippen molar-refractivity contribution in [1.29, 1.82) is 0 Å². The van der Waals surface area contributed by atoms with Crippen LogP contribution in [0.2, 0.25) is 0 Å². The quantitative estimate of drug-likeness (QED) is 0.862. The molecule has 0 aliphatic rings. The van der Waals surface area contributed by atoms with Crippen LogP contribution >= 0.6 is 15.9 Å². The number of methoxy groups -OCH3 is 1. The van der Waals surface area contributed by atoms with Gasteiger partial charge in [0.1, 0.15) is 0 Å². The molecule has 1 amide bonds. The maximum atomic E-state index is 12.1. The van der Waals surface area contributed by atoms with E-state index < -0.39 is 0 Å². The number of ether oxygens (including phenoxy) is 1. The van der Waals surface area contributed by atoms with Crippen molar-refractivity contribution < 1.29 is 9.53 Å². The van der Waals surface area contributed by atoms with E-state index in [0.717, 1.165) is 15.7 Å². The van der Waals surface area contributed by atoms with Crippen molar-refractivity contribution in [2.75, 3.05) is 12.4 Å². The highest BCUT2D eigenvalue weighted by Crippen LogP contribution is 2.26. The fraction of sp³-hybridized carbons (Fsp3) is 0.533. The van der Waals surface area contributed by atoms with Gasteiger partial charge in [-0.05, 0) is 17.5 Å². The van der Waals surface area contributed by atoms with Crippen LogP contribution in [0.4, 0.5) is 5.69 Å². The van der Waals surface area contributed by atoms with Crippen LogP contribution < -0.4 is 11.1 Å². The van der Waals surface area contributed by atoms with Gasteiger partial charge in [-0.1, -0.05) is 42.8 Å². The normalized spacial score (nSPS) is 13.1. The van der Waals surface area contributed by atoms with Crippen molar-refractivity contribution >= 4 is 27.5 Å². The summed E-state index contributed by atoms with van der Waals surface area (Å²) in [7, 11) is 1.63. The van der Waals surface area contributed by atoms with Crippen LogP contribution in [0.1, 0.15) is 32.8 Å². The van der Waals surface area contributed by atoms with Crippen molar-refractivity contribution in [1.82, 2.24) is 0 Å². The summed E-state index contributed by atoms with van der Waals surface area (Å²) < 4.78 is 6.07. The molecule has 20 heavy (non-hydrogen) atoms.